The third-order valence-corrected chi connectivity index (χ3v) is 5.42. The second-order valence-corrected chi connectivity index (χ2v) is 7.96. The molecule has 0 radical (unpaired) electrons. The lowest BCUT2D eigenvalue weighted by molar-refractivity contribution is -0.113. The summed E-state index contributed by atoms with van der Waals surface area (Å²) >= 11 is 1.17. The lowest BCUT2D eigenvalue weighted by atomic mass is 10.2. The Labute approximate surface area is 201 Å². The molecule has 0 saturated carbocycles. The number of aromatic nitrogens is 2. The third-order valence-electron chi connectivity index (χ3n) is 4.60. The van der Waals surface area contributed by atoms with E-state index in [1.807, 2.05) is 78.9 Å². The first-order valence-corrected chi connectivity index (χ1v) is 11.4. The minimum Gasteiger partial charge on any atom is -0.497 e. The summed E-state index contributed by atoms with van der Waals surface area (Å²) in [4.78, 5) is 16.6. The molecule has 4 aromatic rings. The molecule has 8 heteroatoms. The lowest BCUT2D eigenvalue weighted by Gasteiger charge is -2.05. The Morgan fingerprint density at radius 1 is 1.06 bits per heavy atom. The van der Waals surface area contributed by atoms with E-state index in [2.05, 4.69) is 20.5 Å². The van der Waals surface area contributed by atoms with E-state index in [9.17, 15) is 4.79 Å². The second kappa shape index (κ2) is 11.6. The molecule has 0 fully saturated rings. The number of hydrogen-bond acceptors (Lipinski definition) is 7. The van der Waals surface area contributed by atoms with Crippen LogP contribution in [0, 0.1) is 0 Å². The Hall–Kier alpha value is -4.17. The maximum atomic E-state index is 12.2. The first-order chi connectivity index (χ1) is 16.7. The predicted octanol–water partition coefficient (Wildman–Crippen LogP) is 5.89. The van der Waals surface area contributed by atoms with Gasteiger partial charge < -0.3 is 14.5 Å². The number of aliphatic imine (C=N–C) groups is 1. The van der Waals surface area contributed by atoms with Gasteiger partial charge in [0.2, 0.25) is 11.8 Å². The first-order valence-electron chi connectivity index (χ1n) is 10.5. The zero-order chi connectivity index (χ0) is 23.6. The zero-order valence-electron chi connectivity index (χ0n) is 18.4. The van der Waals surface area contributed by atoms with Gasteiger partial charge in [0.25, 0.3) is 5.22 Å². The van der Waals surface area contributed by atoms with Crippen molar-refractivity contribution in [3.05, 3.63) is 90.5 Å². The summed E-state index contributed by atoms with van der Waals surface area (Å²) in [6.07, 6.45) is 5.64. The van der Waals surface area contributed by atoms with E-state index in [1.165, 1.54) is 11.8 Å². The highest BCUT2D eigenvalue weighted by Gasteiger charge is 2.11. The van der Waals surface area contributed by atoms with E-state index in [0.29, 0.717) is 22.6 Å². The van der Waals surface area contributed by atoms with Gasteiger partial charge in [0.1, 0.15) is 5.75 Å². The molecule has 1 amide bonds. The summed E-state index contributed by atoms with van der Waals surface area (Å²) in [6.45, 7) is 0. The molecule has 3 aromatic carbocycles. The molecule has 1 heterocycles. The van der Waals surface area contributed by atoms with Crippen LogP contribution in [0.2, 0.25) is 0 Å². The van der Waals surface area contributed by atoms with Crippen LogP contribution in [0.1, 0.15) is 5.56 Å². The van der Waals surface area contributed by atoms with Gasteiger partial charge in [-0.2, -0.15) is 0 Å². The maximum absolute atomic E-state index is 12.2. The van der Waals surface area contributed by atoms with Gasteiger partial charge in [0, 0.05) is 23.5 Å². The number of ether oxygens (including phenoxy) is 1. The molecular formula is C26H22N4O3S. The van der Waals surface area contributed by atoms with Crippen LogP contribution in [-0.4, -0.2) is 35.2 Å². The molecule has 4 rings (SSSR count). The number of anilines is 1. The van der Waals surface area contributed by atoms with E-state index < -0.39 is 0 Å². The van der Waals surface area contributed by atoms with Gasteiger partial charge in [-0.05, 0) is 48.0 Å². The van der Waals surface area contributed by atoms with Crippen LogP contribution >= 0.6 is 11.8 Å². The van der Waals surface area contributed by atoms with Gasteiger partial charge >= 0.3 is 0 Å². The van der Waals surface area contributed by atoms with E-state index in [-0.39, 0.29) is 11.7 Å². The molecule has 0 saturated heterocycles. The van der Waals surface area contributed by atoms with Crippen molar-refractivity contribution in [1.82, 2.24) is 10.2 Å². The van der Waals surface area contributed by atoms with Crippen molar-refractivity contribution in [3.8, 4) is 17.2 Å². The van der Waals surface area contributed by atoms with Crippen LogP contribution in [0.4, 0.5) is 11.4 Å². The van der Waals surface area contributed by atoms with Crippen LogP contribution in [0.5, 0.6) is 5.75 Å². The van der Waals surface area contributed by atoms with Crippen LogP contribution < -0.4 is 10.1 Å². The molecule has 34 heavy (non-hydrogen) atoms. The highest BCUT2D eigenvalue weighted by molar-refractivity contribution is 7.99. The molecular weight excluding hydrogens is 448 g/mol. The lowest BCUT2D eigenvalue weighted by Crippen LogP contribution is -2.13. The van der Waals surface area contributed by atoms with Crippen LogP contribution in [-0.2, 0) is 4.79 Å². The van der Waals surface area contributed by atoms with Crippen molar-refractivity contribution in [2.24, 2.45) is 4.99 Å². The number of thioether (sulfide) groups is 1. The number of hydrogen-bond donors (Lipinski definition) is 1. The van der Waals surface area contributed by atoms with Crippen LogP contribution in [0.15, 0.2) is 99.6 Å². The van der Waals surface area contributed by atoms with Gasteiger partial charge in [-0.1, -0.05) is 54.2 Å². The Balaban J connectivity index is 1.29. The summed E-state index contributed by atoms with van der Waals surface area (Å²) in [5, 5.41) is 11.2. The SMILES string of the molecule is COc1cccc(NC(=O)CSc2nnc(-c3ccc(N=C/C=C/c4ccccc4)cc3)o2)c1. The molecule has 0 aliphatic heterocycles. The minimum atomic E-state index is -0.179. The van der Waals surface area contributed by atoms with E-state index in [0.717, 1.165) is 16.8 Å². The molecule has 0 atom stereocenters. The number of allylic oxidation sites excluding steroid dienone is 1. The van der Waals surface area contributed by atoms with Crippen LogP contribution in [0.3, 0.4) is 0 Å². The zero-order valence-corrected chi connectivity index (χ0v) is 19.2. The number of amides is 1. The number of carbonyl (C=O) groups is 1. The Kier molecular flexibility index (Phi) is 7.86. The molecule has 0 bridgehead atoms. The molecule has 0 spiro atoms. The van der Waals surface area contributed by atoms with Gasteiger partial charge in [0.05, 0.1) is 18.6 Å². The average Bonchev–Trinajstić information content (AvgIpc) is 3.36. The summed E-state index contributed by atoms with van der Waals surface area (Å²) in [7, 11) is 1.58. The number of benzene rings is 3. The summed E-state index contributed by atoms with van der Waals surface area (Å²) < 4.78 is 10.8. The van der Waals surface area contributed by atoms with Crippen molar-refractivity contribution in [1.29, 1.82) is 0 Å². The Morgan fingerprint density at radius 3 is 2.68 bits per heavy atom. The topological polar surface area (TPSA) is 89.6 Å². The molecule has 0 unspecified atom stereocenters. The van der Waals surface area contributed by atoms with Gasteiger partial charge in [-0.3, -0.25) is 9.79 Å². The van der Waals surface area contributed by atoms with E-state index in [4.69, 9.17) is 9.15 Å². The number of carbonyl (C=O) groups excluding carboxylic acids is 1. The van der Waals surface area contributed by atoms with Crippen molar-refractivity contribution in [2.75, 3.05) is 18.2 Å². The number of methoxy groups -OCH3 is 1. The average molecular weight is 471 g/mol. The fraction of sp³-hybridized carbons (Fsp3) is 0.0769. The molecule has 1 N–H and O–H groups in total. The number of nitrogens with one attached hydrogen (secondary N) is 1. The fourth-order valence-electron chi connectivity index (χ4n) is 2.95. The summed E-state index contributed by atoms with van der Waals surface area (Å²) in [5.74, 6) is 1.02. The summed E-state index contributed by atoms with van der Waals surface area (Å²) in [5.41, 5.74) is 3.37. The molecule has 1 aromatic heterocycles. The quantitative estimate of drug-likeness (QED) is 0.242. The van der Waals surface area contributed by atoms with E-state index in [1.54, 1.807) is 25.5 Å². The summed E-state index contributed by atoms with van der Waals surface area (Å²) in [6, 6.07) is 24.7. The molecule has 0 aliphatic rings. The predicted molar refractivity (Wildman–Crippen MR) is 136 cm³/mol. The highest BCUT2D eigenvalue weighted by Crippen LogP contribution is 2.25. The van der Waals surface area contributed by atoms with Crippen LogP contribution in [0.25, 0.3) is 17.5 Å². The smallest absolute Gasteiger partial charge is 0.277 e. The molecule has 0 aliphatic carbocycles. The Morgan fingerprint density at radius 2 is 1.88 bits per heavy atom. The van der Waals surface area contributed by atoms with E-state index >= 15 is 0 Å². The second-order valence-electron chi connectivity index (χ2n) is 7.04. The van der Waals surface area contributed by atoms with Gasteiger partial charge in [-0.15, -0.1) is 10.2 Å². The minimum absolute atomic E-state index is 0.142. The third kappa shape index (κ3) is 6.66. The monoisotopic (exact) mass is 470 g/mol. The van der Waals surface area contributed by atoms with Crippen molar-refractivity contribution >= 4 is 41.3 Å². The molecule has 170 valence electrons. The largest absolute Gasteiger partial charge is 0.497 e. The first kappa shape index (κ1) is 23.0. The van der Waals surface area contributed by atoms with Crippen molar-refractivity contribution in [2.45, 2.75) is 5.22 Å². The van der Waals surface area contributed by atoms with Gasteiger partial charge in [-0.25, -0.2) is 0 Å². The maximum Gasteiger partial charge on any atom is 0.277 e. The van der Waals surface area contributed by atoms with Crippen molar-refractivity contribution < 1.29 is 13.9 Å². The Bertz CT molecular complexity index is 1280. The van der Waals surface area contributed by atoms with Crippen molar-refractivity contribution in [3.63, 3.8) is 0 Å². The highest BCUT2D eigenvalue weighted by atomic mass is 32.2. The fourth-order valence-corrected chi connectivity index (χ4v) is 3.51. The standard InChI is InChI=1S/C26H22N4O3S/c1-32-23-11-5-10-22(17-23)28-24(31)18-34-26-30-29-25(33-26)20-12-14-21(15-13-20)27-16-6-9-19-7-3-2-4-8-19/h2-17H,18H2,1H3,(H,28,31)/b9-6+,27-16?. The normalized spacial score (nSPS) is 11.2. The number of nitrogens with zero attached hydrogens (tertiary/aromatic N) is 3. The number of rotatable bonds is 9. The molecule has 7 nitrogen and oxygen atoms in total. The van der Waals surface area contributed by atoms with Gasteiger partial charge in [0.15, 0.2) is 0 Å².